The molecule has 63 heavy (non-hydrogen) atoms. The van der Waals surface area contributed by atoms with Gasteiger partial charge >= 0.3 is 5.69 Å². The van der Waals surface area contributed by atoms with Crippen LogP contribution in [-0.4, -0.2) is 73.4 Å². The van der Waals surface area contributed by atoms with Gasteiger partial charge in [0.15, 0.2) is 17.4 Å². The SMILES string of the molecule is CNC(=O)c1cnc(Nc2ccc(C(=O)NCCCCCCCCc3ccc4c(c3)n(C)c(=O)n4C3CCC(=O)NC3=O)cn2)cc1Nc1cccc(-c2ncc(F)cn2)c1OC. The Morgan fingerprint density at radius 1 is 0.825 bits per heavy atom. The van der Waals surface area contributed by atoms with E-state index in [9.17, 15) is 28.4 Å². The number of nitrogens with zero attached hydrogens (tertiary/aromatic N) is 6. The number of para-hydroxylation sites is 1. The van der Waals surface area contributed by atoms with Gasteiger partial charge in [0, 0.05) is 45.5 Å². The van der Waals surface area contributed by atoms with E-state index < -0.39 is 17.8 Å². The zero-order valence-corrected chi connectivity index (χ0v) is 35.2. The molecule has 2 aromatic carbocycles. The van der Waals surface area contributed by atoms with Crippen molar-refractivity contribution in [2.45, 2.75) is 63.8 Å². The van der Waals surface area contributed by atoms with Crippen molar-refractivity contribution in [3.05, 3.63) is 112 Å². The summed E-state index contributed by atoms with van der Waals surface area (Å²) >= 11 is 0. The Morgan fingerprint density at radius 3 is 2.32 bits per heavy atom. The highest BCUT2D eigenvalue weighted by molar-refractivity contribution is 6.01. The smallest absolute Gasteiger partial charge is 0.329 e. The third-order valence-electron chi connectivity index (χ3n) is 10.9. The minimum absolute atomic E-state index is 0.203. The summed E-state index contributed by atoms with van der Waals surface area (Å²) in [4.78, 5) is 79.8. The number of fused-ring (bicyclic) bond motifs is 1. The molecule has 0 radical (unpaired) electrons. The molecule has 18 heteroatoms. The summed E-state index contributed by atoms with van der Waals surface area (Å²) in [6, 6.07) is 15.4. The van der Waals surface area contributed by atoms with Gasteiger partial charge < -0.3 is 26.0 Å². The monoisotopic (exact) mass is 857 g/mol. The van der Waals surface area contributed by atoms with Crippen molar-refractivity contribution in [2.75, 3.05) is 31.3 Å². The van der Waals surface area contributed by atoms with E-state index in [1.54, 1.807) is 48.0 Å². The number of imidazole rings is 1. The fourth-order valence-corrected chi connectivity index (χ4v) is 7.56. The van der Waals surface area contributed by atoms with E-state index >= 15 is 0 Å². The summed E-state index contributed by atoms with van der Waals surface area (Å²) in [6.45, 7) is 0.540. The van der Waals surface area contributed by atoms with Crippen molar-refractivity contribution in [3.8, 4) is 17.1 Å². The molecule has 0 bridgehead atoms. The summed E-state index contributed by atoms with van der Waals surface area (Å²) < 4.78 is 22.3. The van der Waals surface area contributed by atoms with Crippen molar-refractivity contribution in [1.82, 2.24) is 45.0 Å². The Morgan fingerprint density at radius 2 is 1.59 bits per heavy atom. The number of ether oxygens (including phenoxy) is 1. The maximum atomic E-state index is 13.5. The second-order valence-corrected chi connectivity index (χ2v) is 15.1. The quantitative estimate of drug-likeness (QED) is 0.0507. The third kappa shape index (κ3) is 10.2. The number of methoxy groups -OCH3 is 1. The number of rotatable bonds is 18. The van der Waals surface area contributed by atoms with Gasteiger partial charge in [-0.15, -0.1) is 0 Å². The number of imide groups is 1. The van der Waals surface area contributed by atoms with E-state index in [0.717, 1.165) is 68.4 Å². The van der Waals surface area contributed by atoms with Gasteiger partial charge in [0.2, 0.25) is 11.8 Å². The topological polar surface area (TPSA) is 216 Å². The number of amides is 4. The lowest BCUT2D eigenvalue weighted by Gasteiger charge is -2.21. The van der Waals surface area contributed by atoms with E-state index in [1.165, 1.54) is 31.1 Å². The normalized spacial score (nSPS) is 13.7. The average Bonchev–Trinajstić information content (AvgIpc) is 3.53. The molecule has 1 atom stereocenters. The number of carbonyl (C=O) groups excluding carboxylic acids is 4. The number of pyridine rings is 2. The molecule has 1 aliphatic rings. The number of unbranched alkanes of at least 4 members (excludes halogenated alkanes) is 5. The molecular weight excluding hydrogens is 810 g/mol. The first kappa shape index (κ1) is 43.6. The number of hydrogen-bond acceptors (Lipinski definition) is 12. The summed E-state index contributed by atoms with van der Waals surface area (Å²) in [6.07, 6.45) is 12.4. The van der Waals surface area contributed by atoms with Gasteiger partial charge in [0.25, 0.3) is 11.8 Å². The van der Waals surface area contributed by atoms with Crippen molar-refractivity contribution in [1.29, 1.82) is 0 Å². The highest BCUT2D eigenvalue weighted by Crippen LogP contribution is 2.37. The summed E-state index contributed by atoms with van der Waals surface area (Å²) in [5.41, 5.74) is 4.39. The van der Waals surface area contributed by atoms with Gasteiger partial charge in [0.1, 0.15) is 17.7 Å². The Bertz CT molecular complexity index is 2700. The molecule has 17 nitrogen and oxygen atoms in total. The number of aromatic nitrogens is 6. The van der Waals surface area contributed by atoms with Crippen LogP contribution in [0.4, 0.5) is 27.4 Å². The minimum Gasteiger partial charge on any atom is -0.494 e. The first-order valence-electron chi connectivity index (χ1n) is 20.7. The molecule has 6 aromatic rings. The molecule has 0 aliphatic carbocycles. The number of carbonyl (C=O) groups is 4. The van der Waals surface area contributed by atoms with Crippen LogP contribution in [0.15, 0.2) is 84.2 Å². The van der Waals surface area contributed by atoms with Crippen molar-refractivity contribution < 1.29 is 28.3 Å². The van der Waals surface area contributed by atoms with Gasteiger partial charge in [-0.2, -0.15) is 0 Å². The first-order chi connectivity index (χ1) is 30.5. The number of nitrogens with one attached hydrogen (secondary N) is 5. The summed E-state index contributed by atoms with van der Waals surface area (Å²) in [5, 5.41) is 14.3. The highest BCUT2D eigenvalue weighted by atomic mass is 19.1. The number of halogens is 1. The molecule has 7 rings (SSSR count). The Balaban J connectivity index is 0.855. The second kappa shape index (κ2) is 19.9. The van der Waals surface area contributed by atoms with Gasteiger partial charge in [-0.25, -0.2) is 29.1 Å². The lowest BCUT2D eigenvalue weighted by atomic mass is 10.0. The van der Waals surface area contributed by atoms with Crippen molar-refractivity contribution in [2.24, 2.45) is 7.05 Å². The van der Waals surface area contributed by atoms with Crippen LogP contribution in [0.3, 0.4) is 0 Å². The van der Waals surface area contributed by atoms with Crippen LogP contribution in [0.1, 0.15) is 83.7 Å². The van der Waals surface area contributed by atoms with Crippen LogP contribution in [0.2, 0.25) is 0 Å². The van der Waals surface area contributed by atoms with Crippen molar-refractivity contribution >= 4 is 57.7 Å². The zero-order chi connectivity index (χ0) is 44.5. The van der Waals surface area contributed by atoms with Gasteiger partial charge in [-0.1, -0.05) is 37.8 Å². The van der Waals surface area contributed by atoms with Crippen LogP contribution in [-0.2, 0) is 23.1 Å². The molecular formula is C45H48FN11O6. The van der Waals surface area contributed by atoms with Gasteiger partial charge in [0.05, 0.1) is 58.6 Å². The number of benzene rings is 2. The molecule has 326 valence electrons. The molecule has 0 spiro atoms. The van der Waals surface area contributed by atoms with Crippen LogP contribution in [0, 0.1) is 5.82 Å². The lowest BCUT2D eigenvalue weighted by molar-refractivity contribution is -0.135. The molecule has 1 unspecified atom stereocenters. The van der Waals surface area contributed by atoms with E-state index in [0.29, 0.717) is 58.4 Å². The Kier molecular flexibility index (Phi) is 13.8. The maximum Gasteiger partial charge on any atom is 0.329 e. The molecule has 5 heterocycles. The predicted octanol–water partition coefficient (Wildman–Crippen LogP) is 5.87. The second-order valence-electron chi connectivity index (χ2n) is 15.1. The van der Waals surface area contributed by atoms with E-state index in [-0.39, 0.29) is 41.2 Å². The molecule has 4 amide bonds. The van der Waals surface area contributed by atoms with Crippen LogP contribution in [0.25, 0.3) is 22.4 Å². The molecule has 4 aromatic heterocycles. The molecule has 1 saturated heterocycles. The van der Waals surface area contributed by atoms with Crippen molar-refractivity contribution in [3.63, 3.8) is 0 Å². The summed E-state index contributed by atoms with van der Waals surface area (Å²) in [5.74, 6) is -0.473. The average molecular weight is 858 g/mol. The fraction of sp³-hybridized carbons (Fsp3) is 0.311. The highest BCUT2D eigenvalue weighted by Gasteiger charge is 2.31. The van der Waals surface area contributed by atoms with E-state index in [1.807, 2.05) is 18.2 Å². The third-order valence-corrected chi connectivity index (χ3v) is 10.9. The maximum absolute atomic E-state index is 13.5. The number of hydrogen-bond donors (Lipinski definition) is 5. The predicted molar refractivity (Wildman–Crippen MR) is 235 cm³/mol. The molecule has 1 aliphatic heterocycles. The van der Waals surface area contributed by atoms with E-state index in [2.05, 4.69) is 46.5 Å². The fourth-order valence-electron chi connectivity index (χ4n) is 7.56. The molecule has 1 fully saturated rings. The Labute approximate surface area is 361 Å². The number of aryl methyl sites for hydroxylation is 2. The lowest BCUT2D eigenvalue weighted by Crippen LogP contribution is -2.44. The minimum atomic E-state index is -0.700. The van der Waals surface area contributed by atoms with Gasteiger partial charge in [-0.3, -0.25) is 33.6 Å². The van der Waals surface area contributed by atoms with E-state index in [4.69, 9.17) is 4.74 Å². The van der Waals surface area contributed by atoms with Crippen LogP contribution < -0.4 is 37.0 Å². The summed E-state index contributed by atoms with van der Waals surface area (Å²) in [7, 11) is 4.70. The Hall–Kier alpha value is -7.50. The zero-order valence-electron chi connectivity index (χ0n) is 35.2. The van der Waals surface area contributed by atoms with Crippen LogP contribution >= 0.6 is 0 Å². The molecule has 5 N–H and O–H groups in total. The first-order valence-corrected chi connectivity index (χ1v) is 20.7. The largest absolute Gasteiger partial charge is 0.494 e. The standard InChI is InChI=1S/C45H48FN11O6/c1-47-43(60)31-26-50-38(22-33(31)53-32-13-10-12-30(40(32)63-3)41-51-24-29(46)25-52-41)54-37-18-15-28(23-49-37)42(59)48-20-9-7-5-4-6-8-11-27-14-16-34-36(21-27)56(2)45(62)57(34)35-17-19-39(58)55-44(35)61/h10,12-16,18,21-26,35H,4-9,11,17,19-20H2,1-3H3,(H,47,60)(H,48,59)(H,55,58,61)(H2,49,50,53,54). The molecule has 0 saturated carbocycles. The number of anilines is 4. The number of piperidine rings is 1. The van der Waals surface area contributed by atoms with Gasteiger partial charge in [-0.05, 0) is 67.6 Å². The van der Waals surface area contributed by atoms with Crippen LogP contribution in [0.5, 0.6) is 5.75 Å².